The summed E-state index contributed by atoms with van der Waals surface area (Å²) in [5.41, 5.74) is -1.41. The fourth-order valence-electron chi connectivity index (χ4n) is 2.32. The molecule has 0 aromatic carbocycles. The van der Waals surface area contributed by atoms with Crippen LogP contribution in [-0.4, -0.2) is 57.9 Å². The number of aromatic amines is 1. The number of hydrogen-bond acceptors (Lipinski definition) is 9. The van der Waals surface area contributed by atoms with Crippen LogP contribution in [-0.2, 0) is 22.9 Å². The van der Waals surface area contributed by atoms with Crippen LogP contribution < -0.4 is 11.2 Å². The molecule has 0 amide bonds. The summed E-state index contributed by atoms with van der Waals surface area (Å²) in [6.07, 6.45) is -4.08. The Hall–Kier alpha value is -1.33. The van der Waals surface area contributed by atoms with E-state index in [1.54, 1.807) is 13.8 Å². The predicted octanol–water partition coefficient (Wildman–Crippen LogP) is -0.646. The lowest BCUT2D eigenvalue weighted by molar-refractivity contribution is -0.0561. The maximum absolute atomic E-state index is 12.2. The van der Waals surface area contributed by atoms with Crippen LogP contribution in [0.3, 0.4) is 0 Å². The smallest absolute Gasteiger partial charge is 0.387 e. The molecule has 12 heteroatoms. The molecule has 0 unspecified atom stereocenters. The minimum atomic E-state index is -3.81. The molecule has 0 radical (unpaired) electrons. The van der Waals surface area contributed by atoms with Gasteiger partial charge in [-0.3, -0.25) is 27.9 Å². The highest BCUT2D eigenvalue weighted by Gasteiger charge is 2.45. The van der Waals surface area contributed by atoms with Crippen molar-refractivity contribution in [2.75, 3.05) is 19.8 Å². The van der Waals surface area contributed by atoms with Gasteiger partial charge in [-0.25, -0.2) is 9.36 Å². The number of nitrogens with one attached hydrogen (secondary N) is 1. The summed E-state index contributed by atoms with van der Waals surface area (Å²) in [7, 11) is -3.81. The Morgan fingerprint density at radius 1 is 1.20 bits per heavy atom. The molecule has 1 aromatic heterocycles. The van der Waals surface area contributed by atoms with E-state index in [-0.39, 0.29) is 13.2 Å². The number of hydrogen-bond donors (Lipinski definition) is 3. The van der Waals surface area contributed by atoms with E-state index in [2.05, 4.69) is 0 Å². The van der Waals surface area contributed by atoms with E-state index >= 15 is 0 Å². The summed E-state index contributed by atoms with van der Waals surface area (Å²) in [5, 5.41) is 20.2. The third-order valence-electron chi connectivity index (χ3n) is 3.43. The molecule has 0 bridgehead atoms. The first kappa shape index (κ1) is 20.0. The zero-order valence-corrected chi connectivity index (χ0v) is 14.6. The van der Waals surface area contributed by atoms with Gasteiger partial charge in [-0.15, -0.1) is 0 Å². The zero-order chi connectivity index (χ0) is 18.6. The van der Waals surface area contributed by atoms with Crippen molar-refractivity contribution < 1.29 is 33.1 Å². The van der Waals surface area contributed by atoms with Gasteiger partial charge in [0.05, 0.1) is 19.8 Å². The largest absolute Gasteiger partial charge is 0.474 e. The summed E-state index contributed by atoms with van der Waals surface area (Å²) < 4.78 is 33.6. The van der Waals surface area contributed by atoms with Crippen LogP contribution >= 0.6 is 7.82 Å². The number of H-pyrrole nitrogens is 1. The molecule has 2 heterocycles. The number of phosphoric ester groups is 1. The molecular weight excluding hydrogens is 359 g/mol. The van der Waals surface area contributed by atoms with Gasteiger partial charge in [0.2, 0.25) is 0 Å². The zero-order valence-electron chi connectivity index (χ0n) is 13.7. The molecule has 0 aliphatic carbocycles. The standard InChI is InChI=1S/C13H21N2O9P/c1-3-21-25(20,22-4-2)23-7-8-10(17)11(18)12(24-8)15-6-5-9(16)14-13(15)19/h5-6,8,10-12,17-18H,3-4,7H2,1-2H3,(H,14,16,19)/t8-,10-,11-,12-/m0/s1. The SMILES string of the molecule is CCOP(=O)(OCC)OC[C@@H]1O[C@H](n2ccc(=O)[nH]c2=O)[C@@H](O)[C@H]1O. The van der Waals surface area contributed by atoms with Crippen molar-refractivity contribution in [3.63, 3.8) is 0 Å². The van der Waals surface area contributed by atoms with E-state index in [1.165, 1.54) is 0 Å². The Morgan fingerprint density at radius 2 is 1.84 bits per heavy atom. The molecule has 1 aliphatic heterocycles. The summed E-state index contributed by atoms with van der Waals surface area (Å²) in [6, 6.07) is 1.08. The Balaban J connectivity index is 2.10. The second-order valence-corrected chi connectivity index (χ2v) is 6.81. The van der Waals surface area contributed by atoms with Gasteiger partial charge in [0, 0.05) is 12.3 Å². The number of aromatic nitrogens is 2. The van der Waals surface area contributed by atoms with Crippen LogP contribution in [0.4, 0.5) is 0 Å². The fraction of sp³-hybridized carbons (Fsp3) is 0.692. The van der Waals surface area contributed by atoms with Gasteiger partial charge in [0.15, 0.2) is 6.23 Å². The fourth-order valence-corrected chi connectivity index (χ4v) is 3.50. The second-order valence-electron chi connectivity index (χ2n) is 5.14. The van der Waals surface area contributed by atoms with Gasteiger partial charge < -0.3 is 14.9 Å². The summed E-state index contributed by atoms with van der Waals surface area (Å²) >= 11 is 0. The third kappa shape index (κ3) is 4.64. The van der Waals surface area contributed by atoms with Crippen molar-refractivity contribution in [2.24, 2.45) is 0 Å². The van der Waals surface area contributed by atoms with Crippen molar-refractivity contribution in [2.45, 2.75) is 38.4 Å². The van der Waals surface area contributed by atoms with Crippen LogP contribution in [0.1, 0.15) is 20.1 Å². The van der Waals surface area contributed by atoms with Crippen molar-refractivity contribution in [1.82, 2.24) is 9.55 Å². The quantitative estimate of drug-likeness (QED) is 0.500. The van der Waals surface area contributed by atoms with Crippen LogP contribution in [0.25, 0.3) is 0 Å². The van der Waals surface area contributed by atoms with Crippen LogP contribution in [0, 0.1) is 0 Å². The normalized spacial score (nSPS) is 26.9. The van der Waals surface area contributed by atoms with Crippen molar-refractivity contribution in [1.29, 1.82) is 0 Å². The highest BCUT2D eigenvalue weighted by atomic mass is 31.2. The molecule has 25 heavy (non-hydrogen) atoms. The lowest BCUT2D eigenvalue weighted by Gasteiger charge is -2.20. The molecule has 0 saturated carbocycles. The minimum Gasteiger partial charge on any atom is -0.387 e. The number of aliphatic hydroxyl groups is 2. The Morgan fingerprint density at radius 3 is 2.40 bits per heavy atom. The molecule has 1 fully saturated rings. The Kier molecular flexibility index (Phi) is 6.69. The number of nitrogens with zero attached hydrogens (tertiary/aromatic N) is 1. The molecule has 142 valence electrons. The third-order valence-corrected chi connectivity index (χ3v) is 5.05. The molecule has 11 nitrogen and oxygen atoms in total. The van der Waals surface area contributed by atoms with Crippen molar-refractivity contribution >= 4 is 7.82 Å². The molecular formula is C13H21N2O9P. The topological polar surface area (TPSA) is 149 Å². The number of rotatable bonds is 8. The molecule has 1 aromatic rings. The summed E-state index contributed by atoms with van der Waals surface area (Å²) in [5.74, 6) is 0. The van der Waals surface area contributed by atoms with Gasteiger partial charge >= 0.3 is 13.5 Å². The van der Waals surface area contributed by atoms with Gasteiger partial charge in [0.1, 0.15) is 18.3 Å². The molecule has 3 N–H and O–H groups in total. The van der Waals surface area contributed by atoms with Crippen molar-refractivity contribution in [3.05, 3.63) is 33.1 Å². The molecule has 4 atom stereocenters. The Bertz CT molecular complexity index is 723. The minimum absolute atomic E-state index is 0.0867. The van der Waals surface area contributed by atoms with Crippen LogP contribution in [0.5, 0.6) is 0 Å². The number of ether oxygens (including phenoxy) is 1. The van der Waals surface area contributed by atoms with Crippen LogP contribution in [0.15, 0.2) is 21.9 Å². The van der Waals surface area contributed by atoms with E-state index in [4.69, 9.17) is 18.3 Å². The molecule has 2 rings (SSSR count). The highest BCUT2D eigenvalue weighted by Crippen LogP contribution is 2.49. The number of phosphoric acid groups is 1. The lowest BCUT2D eigenvalue weighted by atomic mass is 10.1. The predicted molar refractivity (Wildman–Crippen MR) is 84.1 cm³/mol. The summed E-state index contributed by atoms with van der Waals surface area (Å²) in [4.78, 5) is 24.9. The highest BCUT2D eigenvalue weighted by molar-refractivity contribution is 7.48. The van der Waals surface area contributed by atoms with E-state index in [9.17, 15) is 24.4 Å². The first-order chi connectivity index (χ1) is 11.8. The van der Waals surface area contributed by atoms with Gasteiger partial charge in [-0.05, 0) is 13.8 Å². The Labute approximate surface area is 142 Å². The maximum Gasteiger partial charge on any atom is 0.474 e. The maximum atomic E-state index is 12.2. The first-order valence-corrected chi connectivity index (χ1v) is 9.14. The van der Waals surface area contributed by atoms with Crippen LogP contribution in [0.2, 0.25) is 0 Å². The van der Waals surface area contributed by atoms with Gasteiger partial charge in [0.25, 0.3) is 5.56 Å². The molecule has 1 aliphatic rings. The second kappa shape index (κ2) is 8.37. The monoisotopic (exact) mass is 380 g/mol. The molecule has 1 saturated heterocycles. The number of aliphatic hydroxyl groups excluding tert-OH is 2. The van der Waals surface area contributed by atoms with E-state index in [0.717, 1.165) is 16.8 Å². The summed E-state index contributed by atoms with van der Waals surface area (Å²) in [6.45, 7) is 2.99. The van der Waals surface area contributed by atoms with E-state index < -0.39 is 50.2 Å². The molecule has 0 spiro atoms. The average Bonchev–Trinajstić information content (AvgIpc) is 2.82. The van der Waals surface area contributed by atoms with Crippen molar-refractivity contribution in [3.8, 4) is 0 Å². The van der Waals surface area contributed by atoms with Gasteiger partial charge in [-0.2, -0.15) is 0 Å². The lowest BCUT2D eigenvalue weighted by Crippen LogP contribution is -2.37. The van der Waals surface area contributed by atoms with E-state index in [0.29, 0.717) is 0 Å². The first-order valence-electron chi connectivity index (χ1n) is 7.68. The van der Waals surface area contributed by atoms with E-state index in [1.807, 2.05) is 4.98 Å². The van der Waals surface area contributed by atoms with Gasteiger partial charge in [-0.1, -0.05) is 0 Å². The average molecular weight is 380 g/mol.